The van der Waals surface area contributed by atoms with Crippen LogP contribution in [-0.4, -0.2) is 59.7 Å². The molecule has 0 aliphatic carbocycles. The van der Waals surface area contributed by atoms with E-state index in [1.165, 1.54) is 5.56 Å². The van der Waals surface area contributed by atoms with Gasteiger partial charge in [-0.25, -0.2) is 4.98 Å². The molecule has 0 bridgehead atoms. The van der Waals surface area contributed by atoms with E-state index in [2.05, 4.69) is 29.4 Å². The van der Waals surface area contributed by atoms with Crippen molar-refractivity contribution in [2.24, 2.45) is 5.92 Å². The van der Waals surface area contributed by atoms with Crippen LogP contribution in [0.4, 0.5) is 0 Å². The number of nitrogens with zero attached hydrogens (tertiary/aromatic N) is 3. The van der Waals surface area contributed by atoms with E-state index in [0.29, 0.717) is 33.0 Å². The molecule has 0 radical (unpaired) electrons. The molecule has 0 saturated carbocycles. The molecule has 1 unspecified atom stereocenters. The molecule has 0 spiro atoms. The minimum absolute atomic E-state index is 0.225. The Labute approximate surface area is 182 Å². The number of fused-ring (bicyclic) bond motifs is 1. The zero-order valence-corrected chi connectivity index (χ0v) is 17.8. The van der Waals surface area contributed by atoms with Gasteiger partial charge in [-0.1, -0.05) is 36.4 Å². The lowest BCUT2D eigenvalue weighted by Crippen LogP contribution is -2.51. The maximum Gasteiger partial charge on any atom is 0.233 e. The Morgan fingerprint density at radius 2 is 1.90 bits per heavy atom. The molecule has 2 aliphatic heterocycles. The van der Waals surface area contributed by atoms with Crippen molar-refractivity contribution >= 4 is 11.6 Å². The molecule has 2 aliphatic rings. The monoisotopic (exact) mass is 419 g/mol. The number of amides is 1. The number of pyridine rings is 1. The number of imidazole rings is 1. The topological polar surface area (TPSA) is 56.1 Å². The number of ether oxygens (including phenoxy) is 2. The molecular weight excluding hydrogens is 390 g/mol. The first-order valence-electron chi connectivity index (χ1n) is 11.2. The lowest BCUT2D eigenvalue weighted by molar-refractivity contribution is -0.141. The number of carbonyl (C=O) groups excluding carboxylic acids is 1. The number of rotatable bonds is 4. The molecular formula is C25H29N3O3. The van der Waals surface area contributed by atoms with E-state index in [4.69, 9.17) is 9.47 Å². The first-order valence-corrected chi connectivity index (χ1v) is 11.2. The maximum absolute atomic E-state index is 14.0. The van der Waals surface area contributed by atoms with E-state index in [-0.39, 0.29) is 11.8 Å². The molecule has 3 aromatic rings. The van der Waals surface area contributed by atoms with Crippen molar-refractivity contribution in [3.63, 3.8) is 0 Å². The number of hydrogen-bond acceptors (Lipinski definition) is 4. The van der Waals surface area contributed by atoms with Gasteiger partial charge in [-0.2, -0.15) is 0 Å². The van der Waals surface area contributed by atoms with Gasteiger partial charge >= 0.3 is 0 Å². The molecule has 2 saturated heterocycles. The van der Waals surface area contributed by atoms with Crippen molar-refractivity contribution in [1.29, 1.82) is 0 Å². The number of benzene rings is 1. The second-order valence-electron chi connectivity index (χ2n) is 8.69. The summed E-state index contributed by atoms with van der Waals surface area (Å²) in [6.45, 7) is 3.87. The van der Waals surface area contributed by atoms with Gasteiger partial charge < -0.3 is 18.8 Å². The van der Waals surface area contributed by atoms with E-state index in [1.807, 2.05) is 46.0 Å². The Bertz CT molecular complexity index is 1030. The van der Waals surface area contributed by atoms with Gasteiger partial charge in [0.2, 0.25) is 5.91 Å². The predicted octanol–water partition coefficient (Wildman–Crippen LogP) is 3.10. The Balaban J connectivity index is 1.37. The smallest absolute Gasteiger partial charge is 0.233 e. The van der Waals surface area contributed by atoms with Gasteiger partial charge in [-0.3, -0.25) is 4.79 Å². The summed E-state index contributed by atoms with van der Waals surface area (Å²) >= 11 is 0. The van der Waals surface area contributed by atoms with Crippen LogP contribution in [0.25, 0.3) is 5.65 Å². The minimum atomic E-state index is -0.496. The third kappa shape index (κ3) is 4.10. The summed E-state index contributed by atoms with van der Waals surface area (Å²) in [6, 6.07) is 14.4. The lowest BCUT2D eigenvalue weighted by Gasteiger charge is -2.40. The molecule has 4 heterocycles. The van der Waals surface area contributed by atoms with Gasteiger partial charge in [0.1, 0.15) is 5.65 Å². The Morgan fingerprint density at radius 3 is 2.74 bits per heavy atom. The van der Waals surface area contributed by atoms with Crippen LogP contribution in [-0.2, 0) is 26.1 Å². The standard InChI is InChI=1S/C25H29N3O3/c29-24(25(8-13-30-14-9-25)22-4-2-1-3-5-22)28-12-15-31-19-21(18-28)16-20-6-7-23-26-10-11-27(23)17-20/h1-7,10-11,17,21H,8-9,12-16,18-19H2. The molecule has 0 N–H and O–H groups in total. The van der Waals surface area contributed by atoms with Crippen molar-refractivity contribution in [2.45, 2.75) is 24.7 Å². The summed E-state index contributed by atoms with van der Waals surface area (Å²) in [5.41, 5.74) is 2.79. The minimum Gasteiger partial charge on any atom is -0.381 e. The molecule has 6 heteroatoms. The van der Waals surface area contributed by atoms with E-state index >= 15 is 0 Å². The number of aromatic nitrogens is 2. The second-order valence-corrected chi connectivity index (χ2v) is 8.69. The predicted molar refractivity (Wildman–Crippen MR) is 118 cm³/mol. The van der Waals surface area contributed by atoms with Crippen LogP contribution in [0.15, 0.2) is 61.1 Å². The quantitative estimate of drug-likeness (QED) is 0.652. The van der Waals surface area contributed by atoms with Gasteiger partial charge in [0.25, 0.3) is 0 Å². The van der Waals surface area contributed by atoms with Gasteiger partial charge in [0, 0.05) is 50.8 Å². The number of carbonyl (C=O) groups is 1. The van der Waals surface area contributed by atoms with Gasteiger partial charge in [-0.15, -0.1) is 0 Å². The third-order valence-electron chi connectivity index (χ3n) is 6.68. The molecule has 1 atom stereocenters. The van der Waals surface area contributed by atoms with Gasteiger partial charge in [0.15, 0.2) is 0 Å². The van der Waals surface area contributed by atoms with E-state index in [1.54, 1.807) is 0 Å². The first-order chi connectivity index (χ1) is 15.2. The molecule has 162 valence electrons. The molecule has 31 heavy (non-hydrogen) atoms. The summed E-state index contributed by atoms with van der Waals surface area (Å²) in [5, 5.41) is 0. The van der Waals surface area contributed by atoms with Crippen LogP contribution in [0.5, 0.6) is 0 Å². The Kier molecular flexibility index (Phi) is 5.74. The molecule has 2 aromatic heterocycles. The molecule has 1 amide bonds. The molecule has 6 nitrogen and oxygen atoms in total. The highest BCUT2D eigenvalue weighted by molar-refractivity contribution is 5.88. The van der Waals surface area contributed by atoms with Crippen molar-refractivity contribution in [3.8, 4) is 0 Å². The summed E-state index contributed by atoms with van der Waals surface area (Å²) in [5.74, 6) is 0.489. The average Bonchev–Trinajstić information content (AvgIpc) is 3.17. The van der Waals surface area contributed by atoms with Crippen molar-refractivity contribution in [2.75, 3.05) is 39.5 Å². The summed E-state index contributed by atoms with van der Waals surface area (Å²) < 4.78 is 13.6. The summed E-state index contributed by atoms with van der Waals surface area (Å²) in [6.07, 6.45) is 8.24. The van der Waals surface area contributed by atoms with Crippen LogP contribution in [0.2, 0.25) is 0 Å². The fourth-order valence-corrected chi connectivity index (χ4v) is 5.01. The van der Waals surface area contributed by atoms with Crippen LogP contribution in [0.1, 0.15) is 24.0 Å². The molecule has 1 aromatic carbocycles. The lowest BCUT2D eigenvalue weighted by atomic mass is 9.73. The maximum atomic E-state index is 14.0. The zero-order chi connectivity index (χ0) is 21.1. The van der Waals surface area contributed by atoms with Crippen LogP contribution in [0.3, 0.4) is 0 Å². The fraction of sp³-hybridized carbons (Fsp3) is 0.440. The van der Waals surface area contributed by atoms with Crippen molar-refractivity contribution in [1.82, 2.24) is 14.3 Å². The Hall–Kier alpha value is -2.70. The largest absolute Gasteiger partial charge is 0.381 e. The number of hydrogen-bond donors (Lipinski definition) is 0. The third-order valence-corrected chi connectivity index (χ3v) is 6.68. The van der Waals surface area contributed by atoms with Crippen molar-refractivity contribution < 1.29 is 14.3 Å². The highest BCUT2D eigenvalue weighted by Crippen LogP contribution is 2.37. The zero-order valence-electron chi connectivity index (χ0n) is 17.8. The van der Waals surface area contributed by atoms with Crippen molar-refractivity contribution in [3.05, 3.63) is 72.2 Å². The van der Waals surface area contributed by atoms with E-state index in [0.717, 1.165) is 37.0 Å². The van der Waals surface area contributed by atoms with E-state index in [9.17, 15) is 4.79 Å². The highest BCUT2D eigenvalue weighted by Gasteiger charge is 2.44. The van der Waals surface area contributed by atoms with Gasteiger partial charge in [-0.05, 0) is 36.5 Å². The van der Waals surface area contributed by atoms with E-state index < -0.39 is 5.41 Å². The van der Waals surface area contributed by atoms with Crippen LogP contribution >= 0.6 is 0 Å². The summed E-state index contributed by atoms with van der Waals surface area (Å²) in [4.78, 5) is 20.3. The normalized spacial score (nSPS) is 21.7. The molecule has 2 fully saturated rings. The van der Waals surface area contributed by atoms with Crippen LogP contribution in [0, 0.1) is 5.92 Å². The van der Waals surface area contributed by atoms with Crippen LogP contribution < -0.4 is 0 Å². The second kappa shape index (κ2) is 8.81. The average molecular weight is 420 g/mol. The molecule has 5 rings (SSSR count). The fourth-order valence-electron chi connectivity index (χ4n) is 5.01. The highest BCUT2D eigenvalue weighted by atomic mass is 16.5. The van der Waals surface area contributed by atoms with Gasteiger partial charge in [0.05, 0.1) is 18.6 Å². The Morgan fingerprint density at radius 1 is 1.06 bits per heavy atom. The summed E-state index contributed by atoms with van der Waals surface area (Å²) in [7, 11) is 0. The first kappa shape index (κ1) is 20.2. The SMILES string of the molecule is O=C(N1CCOCC(Cc2ccc3nccn3c2)C1)C1(c2ccccc2)CCOCC1.